The average Bonchev–Trinajstić information content (AvgIpc) is 3.75. The molecule has 1 saturated heterocycles. The molecule has 1 fully saturated rings. The molecule has 210 valence electrons. The van der Waals surface area contributed by atoms with Gasteiger partial charge in [-0.3, -0.25) is 19.7 Å². The first-order chi connectivity index (χ1) is 20.5. The van der Waals surface area contributed by atoms with Gasteiger partial charge >= 0.3 is 0 Å². The van der Waals surface area contributed by atoms with Crippen LogP contribution in [0.25, 0.3) is 55.0 Å². The summed E-state index contributed by atoms with van der Waals surface area (Å²) in [5, 5.41) is 15.1. The molecule has 5 aromatic heterocycles. The fraction of sp³-hybridized carbons (Fsp3) is 0.219. The molecule has 7 rings (SSSR count). The maximum absolute atomic E-state index is 12.7. The average molecular weight is 576 g/mol. The molecule has 6 heterocycles. The van der Waals surface area contributed by atoms with Crippen LogP contribution in [0.2, 0.25) is 0 Å². The Labute approximate surface area is 245 Å². The van der Waals surface area contributed by atoms with Crippen LogP contribution in [0.5, 0.6) is 0 Å². The number of carbonyl (C=O) groups is 2. The minimum Gasteiger partial charge on any atom is -0.353 e. The number of fused-ring (bicyclic) bond motifs is 2. The van der Waals surface area contributed by atoms with E-state index in [0.717, 1.165) is 80.1 Å². The van der Waals surface area contributed by atoms with Crippen molar-refractivity contribution in [3.05, 3.63) is 71.9 Å². The minimum atomic E-state index is 0.0135. The number of Topliss-reactive ketones (excluding diaryl/α,β-unsaturated/α-hetero) is 1. The number of rotatable bonds is 7. The molecule has 0 spiro atoms. The summed E-state index contributed by atoms with van der Waals surface area (Å²) in [5.74, 6) is 0.494. The van der Waals surface area contributed by atoms with Crippen LogP contribution in [0.15, 0.2) is 67.0 Å². The van der Waals surface area contributed by atoms with E-state index in [2.05, 4.69) is 42.9 Å². The molecular weight excluding hydrogens is 546 g/mol. The Kier molecular flexibility index (Phi) is 6.85. The highest BCUT2D eigenvalue weighted by Crippen LogP contribution is 2.37. The largest absolute Gasteiger partial charge is 0.353 e. The lowest BCUT2D eigenvalue weighted by molar-refractivity contribution is -0.117. The van der Waals surface area contributed by atoms with Crippen LogP contribution in [0.1, 0.15) is 35.9 Å². The van der Waals surface area contributed by atoms with Crippen molar-refractivity contribution in [2.45, 2.75) is 26.2 Å². The number of anilines is 1. The van der Waals surface area contributed by atoms with Crippen molar-refractivity contribution in [1.29, 1.82) is 0 Å². The monoisotopic (exact) mass is 575 g/mol. The van der Waals surface area contributed by atoms with Crippen LogP contribution in [0, 0.1) is 5.92 Å². The van der Waals surface area contributed by atoms with Gasteiger partial charge in [-0.15, -0.1) is 11.3 Å². The molecule has 9 nitrogen and oxygen atoms in total. The summed E-state index contributed by atoms with van der Waals surface area (Å²) in [4.78, 5) is 39.2. The number of carbonyl (C=O) groups excluding carboxylic acids is 2. The van der Waals surface area contributed by atoms with Gasteiger partial charge in [-0.1, -0.05) is 12.1 Å². The van der Waals surface area contributed by atoms with Crippen molar-refractivity contribution < 1.29 is 9.59 Å². The summed E-state index contributed by atoms with van der Waals surface area (Å²) in [5.41, 5.74) is 7.34. The number of hydrogen-bond donors (Lipinski definition) is 4. The van der Waals surface area contributed by atoms with Crippen molar-refractivity contribution in [2.75, 3.05) is 18.4 Å². The summed E-state index contributed by atoms with van der Waals surface area (Å²) >= 11 is 1.50. The first-order valence-electron chi connectivity index (χ1n) is 14.1. The van der Waals surface area contributed by atoms with Crippen LogP contribution in [-0.2, 0) is 4.79 Å². The van der Waals surface area contributed by atoms with Crippen molar-refractivity contribution in [2.24, 2.45) is 5.92 Å². The number of hydrogen-bond acceptors (Lipinski definition) is 7. The number of thiophene rings is 1. The smallest absolute Gasteiger partial charge is 0.224 e. The molecule has 0 radical (unpaired) electrons. The zero-order valence-corrected chi connectivity index (χ0v) is 23.8. The van der Waals surface area contributed by atoms with E-state index in [-0.39, 0.29) is 11.7 Å². The number of H-pyrrole nitrogens is 2. The lowest BCUT2D eigenvalue weighted by Gasteiger charge is -2.21. The lowest BCUT2D eigenvalue weighted by atomic mass is 9.94. The molecule has 0 unspecified atom stereocenters. The molecule has 0 atom stereocenters. The molecule has 0 bridgehead atoms. The number of ketones is 1. The van der Waals surface area contributed by atoms with Gasteiger partial charge in [-0.25, -0.2) is 4.98 Å². The summed E-state index contributed by atoms with van der Waals surface area (Å²) in [7, 11) is 0. The highest BCUT2D eigenvalue weighted by Gasteiger charge is 2.18. The van der Waals surface area contributed by atoms with Crippen LogP contribution >= 0.6 is 11.3 Å². The third-order valence-corrected chi connectivity index (χ3v) is 9.02. The van der Waals surface area contributed by atoms with Crippen molar-refractivity contribution in [3.63, 3.8) is 0 Å². The van der Waals surface area contributed by atoms with Crippen molar-refractivity contribution in [1.82, 2.24) is 30.5 Å². The first-order valence-corrected chi connectivity index (χ1v) is 14.9. The van der Waals surface area contributed by atoms with E-state index >= 15 is 0 Å². The number of amides is 1. The highest BCUT2D eigenvalue weighted by molar-refractivity contribution is 7.17. The predicted molar refractivity (Wildman–Crippen MR) is 167 cm³/mol. The molecule has 42 heavy (non-hydrogen) atoms. The van der Waals surface area contributed by atoms with E-state index < -0.39 is 0 Å². The zero-order chi connectivity index (χ0) is 28.6. The Morgan fingerprint density at radius 2 is 1.90 bits per heavy atom. The fourth-order valence-corrected chi connectivity index (χ4v) is 6.57. The van der Waals surface area contributed by atoms with Gasteiger partial charge in [-0.05, 0) is 81.2 Å². The third-order valence-electron chi connectivity index (χ3n) is 7.80. The van der Waals surface area contributed by atoms with Crippen LogP contribution in [-0.4, -0.2) is 49.9 Å². The third kappa shape index (κ3) is 5.10. The fourth-order valence-electron chi connectivity index (χ4n) is 5.63. The highest BCUT2D eigenvalue weighted by atomic mass is 32.1. The first kappa shape index (κ1) is 26.2. The number of nitrogens with zero attached hydrogens (tertiary/aromatic N) is 3. The maximum atomic E-state index is 12.7. The van der Waals surface area contributed by atoms with Gasteiger partial charge in [0.05, 0.1) is 33.7 Å². The molecule has 1 aromatic carbocycles. The number of pyridine rings is 2. The summed E-state index contributed by atoms with van der Waals surface area (Å²) in [6.45, 7) is 3.53. The van der Waals surface area contributed by atoms with E-state index in [1.54, 1.807) is 19.3 Å². The molecule has 1 amide bonds. The van der Waals surface area contributed by atoms with Gasteiger partial charge in [0.1, 0.15) is 11.2 Å². The molecular formula is C32H29N7O2S. The number of benzene rings is 1. The SMILES string of the molecule is CC(=O)c1ccc(-c2cccc3[nH]c(-c4n[nH]c5ccc(-c6cncc(NC(=O)CC7CCNCC7)c6)nc45)cc23)s1. The van der Waals surface area contributed by atoms with E-state index in [1.807, 2.05) is 42.5 Å². The molecule has 1 aliphatic heterocycles. The number of piperidine rings is 1. The standard InChI is InChI=1S/C32H29N7O2S/c1-18(40)28-7-8-29(42-28)22-3-2-4-25-23(22)15-27(36-25)32-31-26(38-39-32)6-5-24(37-31)20-14-21(17-34-16-20)35-30(41)13-19-9-11-33-12-10-19/h2-8,14-17,19,33,36H,9-13H2,1H3,(H,35,41)(H,38,39). The topological polar surface area (TPSA) is 128 Å². The number of aromatic amines is 2. The minimum absolute atomic E-state index is 0.0135. The molecule has 0 aliphatic carbocycles. The van der Waals surface area contributed by atoms with Gasteiger partial charge in [0.2, 0.25) is 5.91 Å². The quantitative estimate of drug-likeness (QED) is 0.163. The molecule has 4 N–H and O–H groups in total. The summed E-state index contributed by atoms with van der Waals surface area (Å²) < 4.78 is 0. The molecule has 10 heteroatoms. The second-order valence-electron chi connectivity index (χ2n) is 10.7. The van der Waals surface area contributed by atoms with Gasteiger partial charge in [0.15, 0.2) is 5.78 Å². The number of aromatic nitrogens is 5. The van der Waals surface area contributed by atoms with Crippen LogP contribution in [0.4, 0.5) is 5.69 Å². The maximum Gasteiger partial charge on any atom is 0.224 e. The van der Waals surface area contributed by atoms with Gasteiger partial charge < -0.3 is 15.6 Å². The van der Waals surface area contributed by atoms with E-state index in [1.165, 1.54) is 11.3 Å². The molecule has 6 aromatic rings. The Morgan fingerprint density at radius 3 is 2.74 bits per heavy atom. The van der Waals surface area contributed by atoms with Crippen LogP contribution in [0.3, 0.4) is 0 Å². The Bertz CT molecular complexity index is 1950. The van der Waals surface area contributed by atoms with E-state index in [0.29, 0.717) is 23.7 Å². The summed E-state index contributed by atoms with van der Waals surface area (Å²) in [6.07, 6.45) is 5.98. The second kappa shape index (κ2) is 11.0. The molecule has 1 aliphatic rings. The van der Waals surface area contributed by atoms with E-state index in [4.69, 9.17) is 4.98 Å². The van der Waals surface area contributed by atoms with Gasteiger partial charge in [0.25, 0.3) is 0 Å². The van der Waals surface area contributed by atoms with E-state index in [9.17, 15) is 9.59 Å². The van der Waals surface area contributed by atoms with Crippen LogP contribution < -0.4 is 10.6 Å². The van der Waals surface area contributed by atoms with Gasteiger partial charge in [0, 0.05) is 39.5 Å². The zero-order valence-electron chi connectivity index (χ0n) is 23.0. The van der Waals surface area contributed by atoms with Gasteiger partial charge in [-0.2, -0.15) is 5.10 Å². The predicted octanol–water partition coefficient (Wildman–Crippen LogP) is 6.43. The lowest BCUT2D eigenvalue weighted by Crippen LogP contribution is -2.30. The number of nitrogens with one attached hydrogen (secondary N) is 4. The second-order valence-corrected chi connectivity index (χ2v) is 11.8. The van der Waals surface area contributed by atoms with Crippen molar-refractivity contribution in [3.8, 4) is 33.1 Å². The Balaban J connectivity index is 1.19. The normalized spacial score (nSPS) is 14.0. The Morgan fingerprint density at radius 1 is 1.02 bits per heavy atom. The summed E-state index contributed by atoms with van der Waals surface area (Å²) in [6, 6.07) is 17.9. The Hall–Kier alpha value is -4.67. The van der Waals surface area contributed by atoms with Crippen molar-refractivity contribution >= 4 is 50.7 Å². The molecule has 0 saturated carbocycles.